The van der Waals surface area contributed by atoms with Gasteiger partial charge < -0.3 is 8.85 Å². The highest BCUT2D eigenvalue weighted by Crippen LogP contribution is 2.20. The summed E-state index contributed by atoms with van der Waals surface area (Å²) < 4.78 is 11.0. The lowest BCUT2D eigenvalue weighted by molar-refractivity contribution is -0.115. The molecule has 0 fully saturated rings. The Balaban J connectivity index is 3.88. The van der Waals surface area contributed by atoms with Crippen LogP contribution in [-0.2, 0) is 13.6 Å². The number of carbonyl (C=O) groups excluding carboxylic acids is 1. The van der Waals surface area contributed by atoms with Crippen molar-refractivity contribution >= 4 is 14.3 Å². The van der Waals surface area contributed by atoms with E-state index in [1.165, 1.54) is 0 Å². The topological polar surface area (TPSA) is 35.5 Å². The van der Waals surface area contributed by atoms with Crippen molar-refractivity contribution in [2.45, 2.75) is 45.2 Å². The van der Waals surface area contributed by atoms with Crippen molar-refractivity contribution < 1.29 is 13.6 Å². The minimum atomic E-state index is -1.95. The lowest BCUT2D eigenvalue weighted by Crippen LogP contribution is -2.38. The van der Waals surface area contributed by atoms with E-state index in [0.717, 1.165) is 24.9 Å². The van der Waals surface area contributed by atoms with Gasteiger partial charge in [0.25, 0.3) is 0 Å². The lowest BCUT2D eigenvalue weighted by Gasteiger charge is -2.25. The minimum Gasteiger partial charge on any atom is -0.398 e. The molecule has 0 aromatic rings. The quantitative estimate of drug-likeness (QED) is 0.355. The second kappa shape index (κ2) is 7.76. The summed E-state index contributed by atoms with van der Waals surface area (Å²) in [6.45, 7) is 7.50. The third-order valence-corrected chi connectivity index (χ3v) is 6.65. The molecule has 4 heteroatoms. The monoisotopic (exact) mass is 244 g/mol. The molecule has 0 aromatic carbocycles. The van der Waals surface area contributed by atoms with Gasteiger partial charge in [0.15, 0.2) is 5.78 Å². The molecule has 0 aliphatic rings. The molecule has 0 rings (SSSR count). The third kappa shape index (κ3) is 5.05. The zero-order valence-electron chi connectivity index (χ0n) is 11.0. The van der Waals surface area contributed by atoms with Crippen LogP contribution in [0.4, 0.5) is 0 Å². The molecule has 3 nitrogen and oxygen atoms in total. The van der Waals surface area contributed by atoms with Crippen molar-refractivity contribution in [1.82, 2.24) is 0 Å². The Labute approximate surface area is 100 Å². The van der Waals surface area contributed by atoms with Gasteiger partial charge >= 0.3 is 8.56 Å². The molecule has 0 radical (unpaired) electrons. The van der Waals surface area contributed by atoms with Gasteiger partial charge in [-0.25, -0.2) is 0 Å². The Kier molecular flexibility index (Phi) is 7.54. The van der Waals surface area contributed by atoms with Crippen molar-refractivity contribution in [1.29, 1.82) is 0 Å². The molecular weight excluding hydrogens is 220 g/mol. The zero-order valence-corrected chi connectivity index (χ0v) is 12.0. The van der Waals surface area contributed by atoms with Gasteiger partial charge in [-0.3, -0.25) is 4.79 Å². The minimum absolute atomic E-state index is 0.165. The third-order valence-electron chi connectivity index (χ3n) is 2.97. The molecule has 0 aromatic heterocycles. The van der Waals surface area contributed by atoms with Crippen molar-refractivity contribution in [2.75, 3.05) is 14.2 Å². The Bertz CT molecular complexity index is 226. The van der Waals surface area contributed by atoms with Crippen LogP contribution < -0.4 is 0 Å². The number of hydrogen-bond acceptors (Lipinski definition) is 3. The summed E-state index contributed by atoms with van der Waals surface area (Å²) in [4.78, 5) is 11.3. The van der Waals surface area contributed by atoms with Gasteiger partial charge in [-0.05, 0) is 31.0 Å². The number of carbonyl (C=O) groups is 1. The van der Waals surface area contributed by atoms with Gasteiger partial charge in [0, 0.05) is 20.6 Å². The first-order chi connectivity index (χ1) is 7.51. The second-order valence-electron chi connectivity index (χ2n) is 4.08. The maximum atomic E-state index is 11.3. The van der Waals surface area contributed by atoms with Crippen LogP contribution in [0.3, 0.4) is 0 Å². The fraction of sp³-hybridized carbons (Fsp3) is 0.750. The molecule has 0 bridgehead atoms. The van der Waals surface area contributed by atoms with Gasteiger partial charge in [-0.1, -0.05) is 19.9 Å². The number of hydrogen-bond donors (Lipinski definition) is 0. The van der Waals surface area contributed by atoms with E-state index < -0.39 is 8.56 Å². The normalized spacial score (nSPS) is 11.5. The van der Waals surface area contributed by atoms with Gasteiger partial charge in [0.1, 0.15) is 0 Å². The highest BCUT2D eigenvalue weighted by atomic mass is 28.4. The Morgan fingerprint density at radius 1 is 1.25 bits per heavy atom. The molecular formula is C12H24O3Si. The molecule has 0 aliphatic carbocycles. The van der Waals surface area contributed by atoms with E-state index in [-0.39, 0.29) is 5.78 Å². The number of Topliss-reactive ketones (excluding diaryl/α,β-unsaturated/α-hetero) is 1. The SMILES string of the molecule is C=C(C)C(=O)CCCC[Si](CC)(OC)OC. The largest absolute Gasteiger partial charge is 0.398 e. The average Bonchev–Trinajstić information content (AvgIpc) is 2.30. The van der Waals surface area contributed by atoms with Gasteiger partial charge in [0.2, 0.25) is 0 Å². The first kappa shape index (κ1) is 15.5. The van der Waals surface area contributed by atoms with Crippen LogP contribution in [0.25, 0.3) is 0 Å². The fourth-order valence-corrected chi connectivity index (χ4v) is 3.94. The molecule has 0 amide bonds. The lowest BCUT2D eigenvalue weighted by atomic mass is 10.1. The van der Waals surface area contributed by atoms with Gasteiger partial charge in [-0.15, -0.1) is 0 Å². The van der Waals surface area contributed by atoms with E-state index in [1.807, 2.05) is 0 Å². The van der Waals surface area contributed by atoms with Crippen LogP contribution in [0.2, 0.25) is 12.1 Å². The Morgan fingerprint density at radius 2 is 1.81 bits per heavy atom. The van der Waals surface area contributed by atoms with E-state index in [9.17, 15) is 4.79 Å². The summed E-state index contributed by atoms with van der Waals surface area (Å²) in [5.74, 6) is 0.165. The Morgan fingerprint density at radius 3 is 2.19 bits per heavy atom. The van der Waals surface area contributed by atoms with Crippen LogP contribution in [0, 0.1) is 0 Å². The van der Waals surface area contributed by atoms with Gasteiger partial charge in [0.05, 0.1) is 0 Å². The zero-order chi connectivity index (χ0) is 12.6. The molecule has 0 unspecified atom stereocenters. The van der Waals surface area contributed by atoms with Crippen molar-refractivity contribution in [3.8, 4) is 0 Å². The molecule has 16 heavy (non-hydrogen) atoms. The summed E-state index contributed by atoms with van der Waals surface area (Å²) >= 11 is 0. The van der Waals surface area contributed by atoms with Crippen molar-refractivity contribution in [3.05, 3.63) is 12.2 Å². The predicted octanol–water partition coefficient (Wildman–Crippen LogP) is 3.06. The summed E-state index contributed by atoms with van der Waals surface area (Å²) in [6, 6.07) is 1.91. The molecule has 94 valence electrons. The highest BCUT2D eigenvalue weighted by molar-refractivity contribution is 6.67. The van der Waals surface area contributed by atoms with Crippen LogP contribution in [0.1, 0.15) is 33.1 Å². The van der Waals surface area contributed by atoms with Gasteiger partial charge in [-0.2, -0.15) is 0 Å². The molecule has 0 aliphatic heterocycles. The highest BCUT2D eigenvalue weighted by Gasteiger charge is 2.32. The summed E-state index contributed by atoms with van der Waals surface area (Å²) in [5, 5.41) is 0. The predicted molar refractivity (Wildman–Crippen MR) is 68.7 cm³/mol. The fourth-order valence-electron chi connectivity index (χ4n) is 1.65. The average molecular weight is 244 g/mol. The standard InChI is InChI=1S/C12H24O3Si/c1-6-16(14-4,15-5)10-8-7-9-12(13)11(2)3/h2,6-10H2,1,3-5H3. The summed E-state index contributed by atoms with van der Waals surface area (Å²) in [5.41, 5.74) is 0.650. The molecule has 0 heterocycles. The number of rotatable bonds is 9. The maximum Gasteiger partial charge on any atom is 0.337 e. The molecule has 0 saturated carbocycles. The van der Waals surface area contributed by atoms with E-state index in [2.05, 4.69) is 13.5 Å². The van der Waals surface area contributed by atoms with E-state index in [4.69, 9.17) is 8.85 Å². The second-order valence-corrected chi connectivity index (χ2v) is 7.93. The first-order valence-corrected chi connectivity index (χ1v) is 8.03. The van der Waals surface area contributed by atoms with Crippen molar-refractivity contribution in [3.63, 3.8) is 0 Å². The van der Waals surface area contributed by atoms with E-state index in [0.29, 0.717) is 12.0 Å². The molecule has 0 saturated heterocycles. The maximum absolute atomic E-state index is 11.3. The van der Waals surface area contributed by atoms with Crippen LogP contribution >= 0.6 is 0 Å². The number of unbranched alkanes of at least 4 members (excludes halogenated alkanes) is 1. The van der Waals surface area contributed by atoms with Crippen LogP contribution in [0.15, 0.2) is 12.2 Å². The van der Waals surface area contributed by atoms with E-state index >= 15 is 0 Å². The Hall–Kier alpha value is -0.453. The summed E-state index contributed by atoms with van der Waals surface area (Å²) in [6.07, 6.45) is 2.48. The molecule has 0 atom stereocenters. The smallest absolute Gasteiger partial charge is 0.337 e. The van der Waals surface area contributed by atoms with Crippen molar-refractivity contribution in [2.24, 2.45) is 0 Å². The number of ketones is 1. The van der Waals surface area contributed by atoms with Crippen LogP contribution in [-0.4, -0.2) is 28.6 Å². The molecule has 0 spiro atoms. The number of allylic oxidation sites excluding steroid dienone is 1. The first-order valence-electron chi connectivity index (χ1n) is 5.80. The summed E-state index contributed by atoms with van der Waals surface area (Å²) in [7, 11) is 1.49. The molecule has 0 N–H and O–H groups in total. The van der Waals surface area contributed by atoms with Crippen LogP contribution in [0.5, 0.6) is 0 Å². The van der Waals surface area contributed by atoms with E-state index in [1.54, 1.807) is 21.1 Å².